The lowest BCUT2D eigenvalue weighted by atomic mass is 10.2. The molecule has 0 saturated heterocycles. The van der Waals surface area contributed by atoms with Gasteiger partial charge in [0.25, 0.3) is 0 Å². The summed E-state index contributed by atoms with van der Waals surface area (Å²) in [6.45, 7) is 2.40. The minimum Gasteiger partial charge on any atom is -0.464 e. The maximum Gasteiger partial charge on any atom is 0.232 e. The zero-order chi connectivity index (χ0) is 15.2. The Bertz CT molecular complexity index is 595. The topological polar surface area (TPSA) is 33.5 Å². The summed E-state index contributed by atoms with van der Waals surface area (Å²) in [5, 5.41) is 0.730. The van der Waals surface area contributed by atoms with Crippen LogP contribution in [0.1, 0.15) is 17.1 Å². The number of aryl methyl sites for hydroxylation is 1. The monoisotopic (exact) mass is 323 g/mol. The van der Waals surface area contributed by atoms with Gasteiger partial charge in [-0.3, -0.25) is 4.79 Å². The number of carbonyl (C=O) groups is 1. The van der Waals surface area contributed by atoms with Crippen LogP contribution in [0.2, 0.25) is 5.02 Å². The van der Waals surface area contributed by atoms with E-state index >= 15 is 0 Å². The number of rotatable bonds is 6. The fourth-order valence-corrected chi connectivity index (χ4v) is 2.89. The molecule has 0 aliphatic rings. The van der Waals surface area contributed by atoms with Gasteiger partial charge in [-0.1, -0.05) is 23.7 Å². The number of thioether (sulfide) groups is 1. The summed E-state index contributed by atoms with van der Waals surface area (Å²) in [4.78, 5) is 13.7. The van der Waals surface area contributed by atoms with Crippen LogP contribution in [-0.2, 0) is 17.1 Å². The summed E-state index contributed by atoms with van der Waals surface area (Å²) >= 11 is 7.44. The van der Waals surface area contributed by atoms with Crippen LogP contribution < -0.4 is 0 Å². The summed E-state index contributed by atoms with van der Waals surface area (Å²) in [5.41, 5.74) is 1.17. The zero-order valence-electron chi connectivity index (χ0n) is 12.1. The van der Waals surface area contributed by atoms with Gasteiger partial charge in [0.05, 0.1) is 12.3 Å². The molecule has 0 saturated carbocycles. The number of furan rings is 1. The number of amides is 1. The number of halogens is 1. The van der Waals surface area contributed by atoms with Crippen molar-refractivity contribution in [1.82, 2.24) is 4.90 Å². The Morgan fingerprint density at radius 2 is 1.95 bits per heavy atom. The summed E-state index contributed by atoms with van der Waals surface area (Å²) in [6, 6.07) is 11.5. The van der Waals surface area contributed by atoms with E-state index in [1.54, 1.807) is 23.7 Å². The van der Waals surface area contributed by atoms with E-state index < -0.39 is 0 Å². The minimum absolute atomic E-state index is 0.100. The molecule has 0 fully saturated rings. The Morgan fingerprint density at radius 3 is 2.57 bits per heavy atom. The highest BCUT2D eigenvalue weighted by molar-refractivity contribution is 7.99. The molecule has 21 heavy (non-hydrogen) atoms. The Morgan fingerprint density at radius 1 is 1.24 bits per heavy atom. The van der Waals surface area contributed by atoms with Gasteiger partial charge in [0.15, 0.2) is 0 Å². The maximum absolute atomic E-state index is 12.0. The third-order valence-electron chi connectivity index (χ3n) is 3.02. The first-order valence-corrected chi connectivity index (χ1v) is 8.19. The third-order valence-corrected chi connectivity index (χ3v) is 4.26. The summed E-state index contributed by atoms with van der Waals surface area (Å²) < 4.78 is 5.48. The Hall–Kier alpha value is -1.39. The molecule has 0 unspecified atom stereocenters. The quantitative estimate of drug-likeness (QED) is 0.801. The third kappa shape index (κ3) is 5.14. The second-order valence-electron chi connectivity index (χ2n) is 4.88. The van der Waals surface area contributed by atoms with Crippen molar-refractivity contribution in [3.05, 3.63) is 58.5 Å². The highest BCUT2D eigenvalue weighted by Crippen LogP contribution is 2.16. The summed E-state index contributed by atoms with van der Waals surface area (Å²) in [7, 11) is 1.79. The fraction of sp³-hybridized carbons (Fsp3) is 0.312. The predicted octanol–water partition coefficient (Wildman–Crippen LogP) is 4.13. The largest absolute Gasteiger partial charge is 0.464 e. The highest BCUT2D eigenvalue weighted by atomic mass is 35.5. The Kier molecular flexibility index (Phi) is 5.76. The summed E-state index contributed by atoms with van der Waals surface area (Å²) in [5.74, 6) is 3.03. The van der Waals surface area contributed by atoms with Crippen molar-refractivity contribution in [2.24, 2.45) is 0 Å². The Labute approximate surface area is 134 Å². The van der Waals surface area contributed by atoms with Gasteiger partial charge in [-0.2, -0.15) is 0 Å². The van der Waals surface area contributed by atoms with E-state index in [1.165, 1.54) is 5.56 Å². The number of hydrogen-bond donors (Lipinski definition) is 0. The zero-order valence-corrected chi connectivity index (χ0v) is 13.7. The average Bonchev–Trinajstić information content (AvgIpc) is 2.86. The first-order chi connectivity index (χ1) is 10.0. The molecule has 5 heteroatoms. The van der Waals surface area contributed by atoms with Gasteiger partial charge in [0, 0.05) is 17.8 Å². The number of benzene rings is 1. The molecule has 0 aliphatic heterocycles. The van der Waals surface area contributed by atoms with E-state index in [0.29, 0.717) is 12.3 Å². The number of carbonyl (C=O) groups excluding carboxylic acids is 1. The van der Waals surface area contributed by atoms with Gasteiger partial charge in [-0.25, -0.2) is 0 Å². The molecule has 1 amide bonds. The van der Waals surface area contributed by atoms with Crippen LogP contribution in [0.15, 0.2) is 40.8 Å². The molecule has 0 radical (unpaired) electrons. The van der Waals surface area contributed by atoms with Crippen molar-refractivity contribution in [3.63, 3.8) is 0 Å². The van der Waals surface area contributed by atoms with Crippen LogP contribution in [0, 0.1) is 6.92 Å². The van der Waals surface area contributed by atoms with E-state index in [-0.39, 0.29) is 5.91 Å². The molecule has 1 heterocycles. The van der Waals surface area contributed by atoms with Gasteiger partial charge in [0.1, 0.15) is 11.5 Å². The van der Waals surface area contributed by atoms with Gasteiger partial charge in [-0.15, -0.1) is 11.8 Å². The first kappa shape index (κ1) is 16.0. The lowest BCUT2D eigenvalue weighted by Gasteiger charge is -2.15. The van der Waals surface area contributed by atoms with Crippen molar-refractivity contribution in [2.45, 2.75) is 19.2 Å². The first-order valence-electron chi connectivity index (χ1n) is 6.66. The molecular formula is C16H18ClNO2S. The lowest BCUT2D eigenvalue weighted by Crippen LogP contribution is -2.27. The maximum atomic E-state index is 12.0. The van der Waals surface area contributed by atoms with Crippen LogP contribution in [0.3, 0.4) is 0 Å². The molecule has 3 nitrogen and oxygen atoms in total. The molecule has 2 rings (SSSR count). The normalized spacial score (nSPS) is 10.6. The van der Waals surface area contributed by atoms with Crippen LogP contribution >= 0.6 is 23.4 Å². The lowest BCUT2D eigenvalue weighted by molar-refractivity contribution is -0.127. The molecule has 1 aromatic heterocycles. The van der Waals surface area contributed by atoms with Crippen LogP contribution in [-0.4, -0.2) is 23.6 Å². The predicted molar refractivity (Wildman–Crippen MR) is 87.5 cm³/mol. The van der Waals surface area contributed by atoms with Crippen LogP contribution in [0.4, 0.5) is 0 Å². The SMILES string of the molecule is Cc1ccc(CN(C)C(=O)CSCc2ccc(Cl)cc2)o1. The average molecular weight is 324 g/mol. The second-order valence-corrected chi connectivity index (χ2v) is 6.30. The van der Waals surface area contributed by atoms with Gasteiger partial charge in [-0.05, 0) is 36.8 Å². The van der Waals surface area contributed by atoms with Crippen molar-refractivity contribution in [3.8, 4) is 0 Å². The number of nitrogens with zero attached hydrogens (tertiary/aromatic N) is 1. The van der Waals surface area contributed by atoms with Crippen LogP contribution in [0.5, 0.6) is 0 Å². The molecule has 0 bridgehead atoms. The van der Waals surface area contributed by atoms with Crippen molar-refractivity contribution in [1.29, 1.82) is 0 Å². The highest BCUT2D eigenvalue weighted by Gasteiger charge is 2.11. The van der Waals surface area contributed by atoms with E-state index in [1.807, 2.05) is 43.3 Å². The standard InChI is InChI=1S/C16H18ClNO2S/c1-12-3-8-15(20-12)9-18(2)16(19)11-21-10-13-4-6-14(17)7-5-13/h3-8H,9-11H2,1-2H3. The molecule has 1 aromatic carbocycles. The van der Waals surface area contributed by atoms with E-state index in [2.05, 4.69) is 0 Å². The molecular weight excluding hydrogens is 306 g/mol. The van der Waals surface area contributed by atoms with Crippen LogP contribution in [0.25, 0.3) is 0 Å². The Balaban J connectivity index is 1.74. The molecule has 2 aromatic rings. The fourth-order valence-electron chi connectivity index (χ4n) is 1.84. The van der Waals surface area contributed by atoms with Gasteiger partial charge < -0.3 is 9.32 Å². The van der Waals surface area contributed by atoms with E-state index in [4.69, 9.17) is 16.0 Å². The number of hydrogen-bond acceptors (Lipinski definition) is 3. The summed E-state index contributed by atoms with van der Waals surface area (Å²) in [6.07, 6.45) is 0. The molecule has 0 N–H and O–H groups in total. The molecule has 112 valence electrons. The van der Waals surface area contributed by atoms with Crippen molar-refractivity contribution in [2.75, 3.05) is 12.8 Å². The van der Waals surface area contributed by atoms with Gasteiger partial charge in [0.2, 0.25) is 5.91 Å². The smallest absolute Gasteiger partial charge is 0.232 e. The molecule has 0 aliphatic carbocycles. The van der Waals surface area contributed by atoms with Crippen molar-refractivity contribution < 1.29 is 9.21 Å². The van der Waals surface area contributed by atoms with Crippen molar-refractivity contribution >= 4 is 29.3 Å². The van der Waals surface area contributed by atoms with Gasteiger partial charge >= 0.3 is 0 Å². The minimum atomic E-state index is 0.100. The second kappa shape index (κ2) is 7.57. The molecule has 0 atom stereocenters. The molecule has 0 spiro atoms. The van der Waals surface area contributed by atoms with E-state index in [0.717, 1.165) is 22.3 Å². The van der Waals surface area contributed by atoms with E-state index in [9.17, 15) is 4.79 Å².